The van der Waals surface area contributed by atoms with Crippen LogP contribution in [-0.4, -0.2) is 23.7 Å². The van der Waals surface area contributed by atoms with Crippen molar-refractivity contribution < 1.29 is 13.2 Å². The first kappa shape index (κ1) is 15.2. The van der Waals surface area contributed by atoms with Gasteiger partial charge in [-0.2, -0.15) is 0 Å². The van der Waals surface area contributed by atoms with Gasteiger partial charge in [-0.05, 0) is 48.9 Å². The Morgan fingerprint density at radius 1 is 1.22 bits per heavy atom. The number of sulfonamides is 1. The lowest BCUT2D eigenvalue weighted by Gasteiger charge is -2.04. The van der Waals surface area contributed by atoms with Gasteiger partial charge in [0.05, 0.1) is 4.90 Å². The van der Waals surface area contributed by atoms with Gasteiger partial charge in [-0.1, -0.05) is 0 Å². The van der Waals surface area contributed by atoms with Crippen LogP contribution in [0, 0.1) is 6.92 Å². The van der Waals surface area contributed by atoms with E-state index in [9.17, 15) is 13.2 Å². The number of pyridine rings is 1. The van der Waals surface area contributed by atoms with Gasteiger partial charge < -0.3 is 9.72 Å². The molecule has 0 fully saturated rings. The van der Waals surface area contributed by atoms with Gasteiger partial charge in [-0.3, -0.25) is 4.79 Å². The van der Waals surface area contributed by atoms with Crippen molar-refractivity contribution in [2.45, 2.75) is 11.8 Å². The van der Waals surface area contributed by atoms with Crippen LogP contribution in [0.15, 0.2) is 53.7 Å². The number of carbonyl (C=O) groups excluding carboxylic acids is 1. The number of aryl methyl sites for hydroxylation is 1. The van der Waals surface area contributed by atoms with Crippen LogP contribution in [0.2, 0.25) is 0 Å². The molecule has 0 bridgehead atoms. The van der Waals surface area contributed by atoms with Crippen LogP contribution in [0.5, 0.6) is 0 Å². The molecule has 0 radical (unpaired) electrons. The molecule has 3 aromatic rings. The van der Waals surface area contributed by atoms with E-state index < -0.39 is 10.0 Å². The average molecular weight is 330 g/mol. The van der Waals surface area contributed by atoms with E-state index in [4.69, 9.17) is 5.14 Å². The summed E-state index contributed by atoms with van der Waals surface area (Å²) >= 11 is 0. The number of primary sulfonamides is 1. The maximum absolute atomic E-state index is 12.2. The van der Waals surface area contributed by atoms with Gasteiger partial charge in [-0.15, -0.1) is 0 Å². The first-order chi connectivity index (χ1) is 10.8. The highest BCUT2D eigenvalue weighted by Crippen LogP contribution is 2.14. The minimum Gasteiger partial charge on any atom is -0.321 e. The molecule has 118 valence electrons. The van der Waals surface area contributed by atoms with Crippen LogP contribution in [0.25, 0.3) is 5.65 Å². The molecule has 8 heteroatoms. The van der Waals surface area contributed by atoms with Gasteiger partial charge >= 0.3 is 0 Å². The molecule has 3 rings (SSSR count). The van der Waals surface area contributed by atoms with Gasteiger partial charge in [0.2, 0.25) is 10.0 Å². The molecule has 2 aromatic heterocycles. The average Bonchev–Trinajstić information content (AvgIpc) is 2.90. The lowest BCUT2D eigenvalue weighted by Crippen LogP contribution is -2.14. The normalized spacial score (nSPS) is 11.6. The molecule has 1 aromatic carbocycles. The van der Waals surface area contributed by atoms with Gasteiger partial charge in [-0.25, -0.2) is 18.5 Å². The molecule has 0 spiro atoms. The molecular weight excluding hydrogens is 316 g/mol. The first-order valence-corrected chi connectivity index (χ1v) is 8.27. The number of nitrogens with two attached hydrogens (primary N) is 1. The molecule has 0 aliphatic heterocycles. The highest BCUT2D eigenvalue weighted by molar-refractivity contribution is 7.89. The third-order valence-corrected chi connectivity index (χ3v) is 4.22. The van der Waals surface area contributed by atoms with Crippen LogP contribution in [0.1, 0.15) is 16.1 Å². The Balaban J connectivity index is 1.82. The minimum atomic E-state index is -3.75. The number of carbonyl (C=O) groups is 1. The Bertz CT molecular complexity index is 991. The standard InChI is InChI=1S/C15H14N4O3S/c1-10-6-7-19-9-13(18-14(19)8-10)15(20)17-11-2-4-12(5-3-11)23(16,21)22/h2-9H,1H3,(H,17,20)(H2,16,21,22). The van der Waals surface area contributed by atoms with Crippen LogP contribution in [0.4, 0.5) is 5.69 Å². The van der Waals surface area contributed by atoms with E-state index in [0.29, 0.717) is 11.3 Å². The third kappa shape index (κ3) is 3.22. The number of benzene rings is 1. The molecule has 0 unspecified atom stereocenters. The quantitative estimate of drug-likeness (QED) is 0.759. The molecule has 0 saturated heterocycles. The zero-order valence-electron chi connectivity index (χ0n) is 12.2. The number of aromatic nitrogens is 2. The summed E-state index contributed by atoms with van der Waals surface area (Å²) in [5.41, 5.74) is 2.45. The molecular formula is C15H14N4O3S. The topological polar surface area (TPSA) is 107 Å². The maximum atomic E-state index is 12.2. The van der Waals surface area contributed by atoms with E-state index in [2.05, 4.69) is 10.3 Å². The summed E-state index contributed by atoms with van der Waals surface area (Å²) in [6.07, 6.45) is 3.46. The van der Waals surface area contributed by atoms with Crippen LogP contribution >= 0.6 is 0 Å². The Kier molecular flexibility index (Phi) is 3.63. The van der Waals surface area contributed by atoms with Crippen molar-refractivity contribution in [2.75, 3.05) is 5.32 Å². The fourth-order valence-electron chi connectivity index (χ4n) is 2.12. The molecule has 7 nitrogen and oxygen atoms in total. The van der Waals surface area contributed by atoms with Crippen molar-refractivity contribution in [3.8, 4) is 0 Å². The Labute approximate surface area is 132 Å². The largest absolute Gasteiger partial charge is 0.321 e. The van der Waals surface area contributed by atoms with E-state index >= 15 is 0 Å². The van der Waals surface area contributed by atoms with E-state index in [1.54, 1.807) is 10.6 Å². The second-order valence-corrected chi connectivity index (χ2v) is 6.68. The fourth-order valence-corrected chi connectivity index (χ4v) is 2.63. The van der Waals surface area contributed by atoms with Gasteiger partial charge in [0.1, 0.15) is 11.3 Å². The van der Waals surface area contributed by atoms with E-state index in [1.807, 2.05) is 25.3 Å². The van der Waals surface area contributed by atoms with Crippen LogP contribution < -0.4 is 10.5 Å². The molecule has 2 heterocycles. The van der Waals surface area contributed by atoms with Gasteiger partial charge in [0.15, 0.2) is 0 Å². The van der Waals surface area contributed by atoms with Crippen LogP contribution in [0.3, 0.4) is 0 Å². The number of nitrogens with zero attached hydrogens (tertiary/aromatic N) is 2. The van der Waals surface area contributed by atoms with Gasteiger partial charge in [0, 0.05) is 18.1 Å². The zero-order chi connectivity index (χ0) is 16.6. The number of rotatable bonds is 3. The summed E-state index contributed by atoms with van der Waals surface area (Å²) < 4.78 is 24.1. The van der Waals surface area contributed by atoms with Crippen molar-refractivity contribution in [3.63, 3.8) is 0 Å². The molecule has 3 N–H and O–H groups in total. The maximum Gasteiger partial charge on any atom is 0.275 e. The van der Waals surface area contributed by atoms with Crippen molar-refractivity contribution in [1.29, 1.82) is 0 Å². The number of fused-ring (bicyclic) bond motifs is 1. The Morgan fingerprint density at radius 3 is 2.57 bits per heavy atom. The Morgan fingerprint density at radius 2 is 1.91 bits per heavy atom. The molecule has 0 atom stereocenters. The first-order valence-electron chi connectivity index (χ1n) is 6.72. The van der Waals surface area contributed by atoms with Crippen LogP contribution in [-0.2, 0) is 10.0 Å². The fraction of sp³-hybridized carbons (Fsp3) is 0.0667. The number of anilines is 1. The summed E-state index contributed by atoms with van der Waals surface area (Å²) in [7, 11) is -3.75. The lowest BCUT2D eigenvalue weighted by atomic mass is 10.3. The summed E-state index contributed by atoms with van der Waals surface area (Å²) in [4.78, 5) is 16.5. The number of amides is 1. The summed E-state index contributed by atoms with van der Waals surface area (Å²) in [6, 6.07) is 9.39. The summed E-state index contributed by atoms with van der Waals surface area (Å²) in [6.45, 7) is 1.95. The predicted octanol–water partition coefficient (Wildman–Crippen LogP) is 1.54. The Hall–Kier alpha value is -2.71. The summed E-state index contributed by atoms with van der Waals surface area (Å²) in [5, 5.41) is 7.69. The van der Waals surface area contributed by atoms with Crippen molar-refractivity contribution in [1.82, 2.24) is 9.38 Å². The second-order valence-electron chi connectivity index (χ2n) is 5.12. The van der Waals surface area contributed by atoms with E-state index in [0.717, 1.165) is 5.56 Å². The van der Waals surface area contributed by atoms with E-state index in [1.165, 1.54) is 24.3 Å². The number of hydrogen-bond acceptors (Lipinski definition) is 4. The molecule has 0 aliphatic rings. The van der Waals surface area contributed by atoms with Crippen molar-refractivity contribution in [3.05, 3.63) is 60.0 Å². The smallest absolute Gasteiger partial charge is 0.275 e. The number of imidazole rings is 1. The zero-order valence-corrected chi connectivity index (χ0v) is 13.0. The van der Waals surface area contributed by atoms with Crippen molar-refractivity contribution >= 4 is 27.3 Å². The summed E-state index contributed by atoms with van der Waals surface area (Å²) in [5.74, 6) is -0.380. The SMILES string of the molecule is Cc1ccn2cc(C(=O)Nc3ccc(S(N)(=O)=O)cc3)nc2c1. The molecule has 0 aliphatic carbocycles. The highest BCUT2D eigenvalue weighted by atomic mass is 32.2. The monoisotopic (exact) mass is 330 g/mol. The third-order valence-electron chi connectivity index (χ3n) is 3.29. The van der Waals surface area contributed by atoms with E-state index in [-0.39, 0.29) is 16.5 Å². The number of hydrogen-bond donors (Lipinski definition) is 2. The molecule has 1 amide bonds. The molecule has 0 saturated carbocycles. The lowest BCUT2D eigenvalue weighted by molar-refractivity contribution is 0.102. The highest BCUT2D eigenvalue weighted by Gasteiger charge is 2.12. The predicted molar refractivity (Wildman–Crippen MR) is 85.7 cm³/mol. The molecule has 23 heavy (non-hydrogen) atoms. The minimum absolute atomic E-state index is 0.0151. The number of nitrogens with one attached hydrogen (secondary N) is 1. The van der Waals surface area contributed by atoms with Crippen molar-refractivity contribution in [2.24, 2.45) is 5.14 Å². The second kappa shape index (κ2) is 5.49. The van der Waals surface area contributed by atoms with Gasteiger partial charge in [0.25, 0.3) is 5.91 Å².